The van der Waals surface area contributed by atoms with Crippen molar-refractivity contribution in [1.82, 2.24) is 0 Å². The number of anilines is 3. The normalized spacial score (nSPS) is 11.7. The van der Waals surface area contributed by atoms with Gasteiger partial charge in [-0.2, -0.15) is 0 Å². The highest BCUT2D eigenvalue weighted by atomic mass is 16.3. The molecule has 11 aromatic carbocycles. The van der Waals surface area contributed by atoms with Gasteiger partial charge in [0.15, 0.2) is 0 Å². The van der Waals surface area contributed by atoms with Crippen LogP contribution in [0.4, 0.5) is 17.1 Å². The van der Waals surface area contributed by atoms with Crippen LogP contribution in [0.3, 0.4) is 0 Å². The summed E-state index contributed by atoms with van der Waals surface area (Å²) in [6.07, 6.45) is 0. The molecule has 12 aromatic rings. The number of nitrogens with zero attached hydrogens (tertiary/aromatic N) is 1. The fraction of sp³-hybridized carbons (Fsp3) is 0. The third-order valence-electron chi connectivity index (χ3n) is 12.2. The van der Waals surface area contributed by atoms with Crippen molar-refractivity contribution in [3.63, 3.8) is 0 Å². The predicted octanol–water partition coefficient (Wildman–Crippen LogP) is 16.7. The summed E-state index contributed by atoms with van der Waals surface area (Å²) in [4.78, 5) is 2.39. The van der Waals surface area contributed by atoms with Crippen LogP contribution in [0.2, 0.25) is 0 Å². The van der Waals surface area contributed by atoms with E-state index in [1.165, 1.54) is 65.3 Å². The molecule has 12 rings (SSSR count). The van der Waals surface area contributed by atoms with Crippen LogP contribution in [0.15, 0.2) is 229 Å². The molecule has 0 aliphatic rings. The van der Waals surface area contributed by atoms with Crippen LogP contribution in [0.5, 0.6) is 0 Å². The maximum absolute atomic E-state index is 6.61. The second kappa shape index (κ2) is 13.9. The van der Waals surface area contributed by atoms with E-state index in [2.05, 4.69) is 229 Å². The Kier molecular flexibility index (Phi) is 7.89. The molecule has 0 saturated heterocycles. The lowest BCUT2D eigenvalue weighted by molar-refractivity contribution is 0.669. The zero-order valence-corrected chi connectivity index (χ0v) is 32.7. The van der Waals surface area contributed by atoms with Gasteiger partial charge in [0, 0.05) is 16.8 Å². The van der Waals surface area contributed by atoms with Gasteiger partial charge in [-0.05, 0) is 131 Å². The highest BCUT2D eigenvalue weighted by Crippen LogP contribution is 2.45. The van der Waals surface area contributed by atoms with Crippen molar-refractivity contribution in [2.45, 2.75) is 0 Å². The molecule has 2 nitrogen and oxygen atoms in total. The van der Waals surface area contributed by atoms with Gasteiger partial charge in [-0.3, -0.25) is 0 Å². The average molecular weight is 764 g/mol. The number of fused-ring (bicyclic) bond motifs is 8. The first-order valence-corrected chi connectivity index (χ1v) is 20.6. The summed E-state index contributed by atoms with van der Waals surface area (Å²) < 4.78 is 6.61. The molecule has 0 aliphatic heterocycles. The second-order valence-corrected chi connectivity index (χ2v) is 15.7. The molecule has 1 aromatic heterocycles. The van der Waals surface area contributed by atoms with E-state index in [9.17, 15) is 0 Å². The molecule has 60 heavy (non-hydrogen) atoms. The third-order valence-corrected chi connectivity index (χ3v) is 12.2. The Balaban J connectivity index is 0.999. The molecule has 0 fully saturated rings. The zero-order chi connectivity index (χ0) is 39.6. The molecule has 0 atom stereocenters. The lowest BCUT2D eigenvalue weighted by Crippen LogP contribution is -2.10. The first-order chi connectivity index (χ1) is 29.7. The van der Waals surface area contributed by atoms with Gasteiger partial charge >= 0.3 is 0 Å². The van der Waals surface area contributed by atoms with E-state index in [0.717, 1.165) is 50.1 Å². The lowest BCUT2D eigenvalue weighted by Gasteiger charge is -2.27. The van der Waals surface area contributed by atoms with Crippen LogP contribution in [-0.4, -0.2) is 0 Å². The quantitative estimate of drug-likeness (QED) is 0.157. The smallest absolute Gasteiger partial charge is 0.137 e. The van der Waals surface area contributed by atoms with Crippen LogP contribution in [0.25, 0.3) is 98.4 Å². The first kappa shape index (κ1) is 34.1. The Morgan fingerprint density at radius 1 is 0.283 bits per heavy atom. The molecular weight excluding hydrogens is 727 g/mol. The molecule has 2 heteroatoms. The summed E-state index contributed by atoms with van der Waals surface area (Å²) in [6.45, 7) is 0. The van der Waals surface area contributed by atoms with Crippen LogP contribution >= 0.6 is 0 Å². The molecular formula is C58H37NO. The maximum Gasteiger partial charge on any atom is 0.137 e. The molecule has 280 valence electrons. The molecule has 0 saturated carbocycles. The van der Waals surface area contributed by atoms with Crippen LogP contribution in [-0.2, 0) is 0 Å². The topological polar surface area (TPSA) is 16.4 Å². The largest absolute Gasteiger partial charge is 0.456 e. The SMILES string of the molecule is c1cc(-c2ccc(-c3cc4ccccc4c4ccccc34)cc2)cc(N(c2ccc(-c3cccc4ccccc34)cc2)c2cccc3oc4cc5ccccc5cc4c23)c1. The maximum atomic E-state index is 6.61. The lowest BCUT2D eigenvalue weighted by atomic mass is 9.92. The molecule has 0 N–H and O–H groups in total. The van der Waals surface area contributed by atoms with E-state index in [1.54, 1.807) is 0 Å². The summed E-state index contributed by atoms with van der Waals surface area (Å²) in [5.74, 6) is 0. The summed E-state index contributed by atoms with van der Waals surface area (Å²) in [5.41, 5.74) is 12.1. The number of furan rings is 1. The van der Waals surface area contributed by atoms with Crippen molar-refractivity contribution < 1.29 is 4.42 Å². The monoisotopic (exact) mass is 763 g/mol. The number of hydrogen-bond donors (Lipinski definition) is 0. The second-order valence-electron chi connectivity index (χ2n) is 15.7. The van der Waals surface area contributed by atoms with Gasteiger partial charge in [-0.15, -0.1) is 0 Å². The highest BCUT2D eigenvalue weighted by Gasteiger charge is 2.21. The molecule has 1 heterocycles. The average Bonchev–Trinajstić information content (AvgIpc) is 3.69. The summed E-state index contributed by atoms with van der Waals surface area (Å²) in [6, 6.07) is 81.3. The van der Waals surface area contributed by atoms with E-state index >= 15 is 0 Å². The third kappa shape index (κ3) is 5.65. The Morgan fingerprint density at radius 3 is 1.70 bits per heavy atom. The van der Waals surface area contributed by atoms with Gasteiger partial charge in [0.1, 0.15) is 11.2 Å². The van der Waals surface area contributed by atoms with Gasteiger partial charge in [-0.1, -0.05) is 170 Å². The van der Waals surface area contributed by atoms with Gasteiger partial charge in [0.2, 0.25) is 0 Å². The van der Waals surface area contributed by atoms with Crippen molar-refractivity contribution >= 4 is 82.1 Å². The summed E-state index contributed by atoms with van der Waals surface area (Å²) in [7, 11) is 0. The minimum Gasteiger partial charge on any atom is -0.456 e. The van der Waals surface area contributed by atoms with E-state index in [1.807, 2.05) is 0 Å². The minimum absolute atomic E-state index is 0.864. The van der Waals surface area contributed by atoms with E-state index in [4.69, 9.17) is 4.42 Å². The van der Waals surface area contributed by atoms with Gasteiger partial charge in [-0.25, -0.2) is 0 Å². The van der Waals surface area contributed by atoms with Crippen LogP contribution < -0.4 is 4.90 Å². The van der Waals surface area contributed by atoms with E-state index in [-0.39, 0.29) is 0 Å². The number of rotatable bonds is 6. The number of hydrogen-bond acceptors (Lipinski definition) is 2. The van der Waals surface area contributed by atoms with Gasteiger partial charge < -0.3 is 9.32 Å². The fourth-order valence-corrected chi connectivity index (χ4v) is 9.33. The summed E-state index contributed by atoms with van der Waals surface area (Å²) in [5, 5.41) is 12.1. The molecule has 0 bridgehead atoms. The molecule has 0 aliphatic carbocycles. The van der Waals surface area contributed by atoms with Gasteiger partial charge in [0.05, 0.1) is 11.1 Å². The Hall–Kier alpha value is -7.94. The van der Waals surface area contributed by atoms with Crippen molar-refractivity contribution in [2.75, 3.05) is 4.90 Å². The molecule has 0 spiro atoms. The zero-order valence-electron chi connectivity index (χ0n) is 32.7. The standard InChI is InChI=1S/C58H37NO/c1-2-14-44-37-57-54(35-43(44)13-1)58-55(24-11-25-56(58)60-57)59(46-32-30-40(31-33-46)49-23-10-16-39-12-3-5-19-48(39)49)47-18-9-17-42(34-47)38-26-28-41(29-27-38)53-36-45-15-4-6-20-50(45)51-21-7-8-22-52(51)53/h1-37H. The van der Waals surface area contributed by atoms with Crippen molar-refractivity contribution in [3.05, 3.63) is 224 Å². The molecule has 0 amide bonds. The van der Waals surface area contributed by atoms with Crippen molar-refractivity contribution in [1.29, 1.82) is 0 Å². The Bertz CT molecular complexity index is 3590. The predicted molar refractivity (Wildman–Crippen MR) is 255 cm³/mol. The van der Waals surface area contributed by atoms with Crippen LogP contribution in [0.1, 0.15) is 0 Å². The van der Waals surface area contributed by atoms with Crippen molar-refractivity contribution in [3.8, 4) is 33.4 Å². The minimum atomic E-state index is 0.864. The van der Waals surface area contributed by atoms with E-state index in [0.29, 0.717) is 0 Å². The van der Waals surface area contributed by atoms with Crippen molar-refractivity contribution in [2.24, 2.45) is 0 Å². The summed E-state index contributed by atoms with van der Waals surface area (Å²) >= 11 is 0. The van der Waals surface area contributed by atoms with E-state index < -0.39 is 0 Å². The Morgan fingerprint density at radius 2 is 0.883 bits per heavy atom. The molecule has 0 unspecified atom stereocenters. The highest BCUT2D eigenvalue weighted by molar-refractivity contribution is 6.17. The Labute approximate surface area is 347 Å². The first-order valence-electron chi connectivity index (χ1n) is 20.6. The van der Waals surface area contributed by atoms with Crippen LogP contribution in [0, 0.1) is 0 Å². The fourth-order valence-electron chi connectivity index (χ4n) is 9.33. The number of benzene rings is 11. The van der Waals surface area contributed by atoms with Gasteiger partial charge in [0.25, 0.3) is 0 Å². The molecule has 0 radical (unpaired) electrons.